The van der Waals surface area contributed by atoms with Crippen LogP contribution in [0.3, 0.4) is 0 Å². The summed E-state index contributed by atoms with van der Waals surface area (Å²) < 4.78 is 0. The summed E-state index contributed by atoms with van der Waals surface area (Å²) in [5.74, 6) is 0. The molecule has 0 saturated carbocycles. The number of rotatable bonds is 1. The third-order valence-electron chi connectivity index (χ3n) is 1.71. The predicted molar refractivity (Wildman–Crippen MR) is 41.3 cm³/mol. The van der Waals surface area contributed by atoms with Gasteiger partial charge in [-0.2, -0.15) is 0 Å². The lowest BCUT2D eigenvalue weighted by Crippen LogP contribution is -2.17. The Labute approximate surface area is 61.0 Å². The molecule has 0 heterocycles. The van der Waals surface area contributed by atoms with Crippen molar-refractivity contribution in [1.29, 1.82) is 0 Å². The first-order valence-electron chi connectivity index (χ1n) is 3.45. The molecule has 0 aromatic rings. The second kappa shape index (κ2) is 3.04. The second-order valence-corrected chi connectivity index (χ2v) is 2.50. The van der Waals surface area contributed by atoms with E-state index in [1.807, 2.05) is 19.1 Å². The third kappa shape index (κ3) is 1.49. The van der Waals surface area contributed by atoms with Gasteiger partial charge in [0.25, 0.3) is 0 Å². The Bertz CT molecular complexity index is 182. The maximum atomic E-state index is 8.79. The second-order valence-electron chi connectivity index (χ2n) is 2.50. The Morgan fingerprint density at radius 1 is 1.30 bits per heavy atom. The molecule has 3 heteroatoms. The summed E-state index contributed by atoms with van der Waals surface area (Å²) in [6.45, 7) is 1.89. The third-order valence-corrected chi connectivity index (χ3v) is 1.71. The van der Waals surface area contributed by atoms with Gasteiger partial charge in [0.05, 0.1) is 0 Å². The van der Waals surface area contributed by atoms with Crippen LogP contribution in [0.4, 0.5) is 0 Å². The lowest BCUT2D eigenvalue weighted by molar-refractivity contribution is 0.419. The Morgan fingerprint density at radius 3 is 2.30 bits per heavy atom. The van der Waals surface area contributed by atoms with Crippen molar-refractivity contribution < 1.29 is 10.0 Å². The van der Waals surface area contributed by atoms with Gasteiger partial charge in [-0.3, -0.25) is 0 Å². The minimum absolute atomic E-state index is 0.659. The van der Waals surface area contributed by atoms with Gasteiger partial charge in [0, 0.05) is 0 Å². The van der Waals surface area contributed by atoms with Crippen LogP contribution in [0.15, 0.2) is 23.2 Å². The highest BCUT2D eigenvalue weighted by atomic mass is 16.4. The average Bonchev–Trinajstić information content (AvgIpc) is 1.88. The molecule has 0 radical (unpaired) electrons. The monoisotopic (exact) mass is 138 g/mol. The summed E-state index contributed by atoms with van der Waals surface area (Å²) in [6, 6.07) is 0. The molecule has 0 unspecified atom stereocenters. The molecule has 0 amide bonds. The minimum atomic E-state index is -1.29. The molecule has 0 aromatic carbocycles. The van der Waals surface area contributed by atoms with Crippen LogP contribution in [0.2, 0.25) is 0 Å². The van der Waals surface area contributed by atoms with Crippen molar-refractivity contribution in [3.8, 4) is 0 Å². The van der Waals surface area contributed by atoms with Crippen LogP contribution < -0.4 is 0 Å². The van der Waals surface area contributed by atoms with E-state index in [0.29, 0.717) is 5.47 Å². The summed E-state index contributed by atoms with van der Waals surface area (Å²) in [4.78, 5) is 0. The Morgan fingerprint density at radius 2 is 1.90 bits per heavy atom. The molecule has 0 spiro atoms. The first-order valence-corrected chi connectivity index (χ1v) is 3.45. The van der Waals surface area contributed by atoms with Crippen LogP contribution in [0.25, 0.3) is 0 Å². The molecule has 0 bridgehead atoms. The maximum absolute atomic E-state index is 8.79. The van der Waals surface area contributed by atoms with E-state index < -0.39 is 7.12 Å². The van der Waals surface area contributed by atoms with Crippen LogP contribution >= 0.6 is 0 Å². The van der Waals surface area contributed by atoms with Crippen LogP contribution in [0.1, 0.15) is 19.8 Å². The highest BCUT2D eigenvalue weighted by molar-refractivity contribution is 6.52. The van der Waals surface area contributed by atoms with E-state index in [4.69, 9.17) is 10.0 Å². The smallest absolute Gasteiger partial charge is 0.423 e. The molecule has 2 nitrogen and oxygen atoms in total. The van der Waals surface area contributed by atoms with Gasteiger partial charge >= 0.3 is 7.12 Å². The molecule has 1 aliphatic carbocycles. The summed E-state index contributed by atoms with van der Waals surface area (Å²) in [6.07, 6.45) is 5.83. The number of allylic oxidation sites excluding steroid dienone is 4. The fourth-order valence-corrected chi connectivity index (χ4v) is 1.13. The van der Waals surface area contributed by atoms with E-state index in [2.05, 4.69) is 0 Å². The van der Waals surface area contributed by atoms with Gasteiger partial charge in [0.2, 0.25) is 0 Å². The molecule has 2 N–H and O–H groups in total. The molecule has 54 valence electrons. The Kier molecular flexibility index (Phi) is 2.30. The topological polar surface area (TPSA) is 40.5 Å². The van der Waals surface area contributed by atoms with Gasteiger partial charge in [0.15, 0.2) is 0 Å². The van der Waals surface area contributed by atoms with Gasteiger partial charge in [-0.1, -0.05) is 17.7 Å². The van der Waals surface area contributed by atoms with Crippen molar-refractivity contribution in [2.24, 2.45) is 0 Å². The number of hydrogen-bond donors (Lipinski definition) is 2. The molecule has 0 aromatic heterocycles. The molecule has 0 atom stereocenters. The largest absolute Gasteiger partial charge is 0.488 e. The van der Waals surface area contributed by atoms with Crippen molar-refractivity contribution in [3.63, 3.8) is 0 Å². The zero-order chi connectivity index (χ0) is 7.56. The lowest BCUT2D eigenvalue weighted by Gasteiger charge is -2.10. The van der Waals surface area contributed by atoms with Crippen LogP contribution in [-0.4, -0.2) is 17.2 Å². The van der Waals surface area contributed by atoms with E-state index in [9.17, 15) is 0 Å². The molecule has 10 heavy (non-hydrogen) atoms. The predicted octanol–water partition coefficient (Wildman–Crippen LogP) is 0.665. The fraction of sp³-hybridized carbons (Fsp3) is 0.429. The van der Waals surface area contributed by atoms with Gasteiger partial charge in [-0.15, -0.1) is 0 Å². The lowest BCUT2D eigenvalue weighted by atomic mass is 9.73. The maximum Gasteiger partial charge on any atom is 0.488 e. The van der Waals surface area contributed by atoms with E-state index in [1.54, 1.807) is 0 Å². The van der Waals surface area contributed by atoms with Gasteiger partial charge in [0.1, 0.15) is 0 Å². The van der Waals surface area contributed by atoms with Crippen molar-refractivity contribution in [2.45, 2.75) is 19.8 Å². The first-order chi connectivity index (χ1) is 4.72. The standard InChI is InChI=1S/C7H11BO2/c1-6-4-2-3-5-7(6)8(9)10/h4-5,9-10H,2-3H2,1H3. The van der Waals surface area contributed by atoms with Crippen LogP contribution in [0.5, 0.6) is 0 Å². The van der Waals surface area contributed by atoms with Gasteiger partial charge in [-0.05, 0) is 25.2 Å². The summed E-state index contributed by atoms with van der Waals surface area (Å²) in [7, 11) is -1.29. The Balaban J connectivity index is 2.74. The van der Waals surface area contributed by atoms with Crippen molar-refractivity contribution >= 4 is 7.12 Å². The highest BCUT2D eigenvalue weighted by Gasteiger charge is 2.16. The number of hydrogen-bond acceptors (Lipinski definition) is 2. The zero-order valence-electron chi connectivity index (χ0n) is 6.04. The SMILES string of the molecule is CC1=CCCC=C1B(O)O. The normalized spacial score (nSPS) is 17.9. The van der Waals surface area contributed by atoms with Gasteiger partial charge < -0.3 is 10.0 Å². The van der Waals surface area contributed by atoms with Crippen molar-refractivity contribution in [2.75, 3.05) is 0 Å². The molecule has 1 aliphatic rings. The summed E-state index contributed by atoms with van der Waals surface area (Å²) >= 11 is 0. The van der Waals surface area contributed by atoms with Crippen LogP contribution in [0, 0.1) is 0 Å². The van der Waals surface area contributed by atoms with Gasteiger partial charge in [-0.25, -0.2) is 0 Å². The van der Waals surface area contributed by atoms with Crippen molar-refractivity contribution in [1.82, 2.24) is 0 Å². The summed E-state index contributed by atoms with van der Waals surface area (Å²) in [5, 5.41) is 17.6. The quantitative estimate of drug-likeness (QED) is 0.522. The molecular weight excluding hydrogens is 127 g/mol. The minimum Gasteiger partial charge on any atom is -0.423 e. The van der Waals surface area contributed by atoms with E-state index in [0.717, 1.165) is 18.4 Å². The summed E-state index contributed by atoms with van der Waals surface area (Å²) in [5.41, 5.74) is 1.65. The van der Waals surface area contributed by atoms with E-state index in [-0.39, 0.29) is 0 Å². The average molecular weight is 138 g/mol. The molecule has 0 fully saturated rings. The zero-order valence-corrected chi connectivity index (χ0v) is 6.04. The van der Waals surface area contributed by atoms with Crippen LogP contribution in [-0.2, 0) is 0 Å². The molecule has 0 aliphatic heterocycles. The molecule has 0 saturated heterocycles. The first kappa shape index (κ1) is 7.57. The Hall–Kier alpha value is -0.535. The fourth-order valence-electron chi connectivity index (χ4n) is 1.13. The van der Waals surface area contributed by atoms with Crippen molar-refractivity contribution in [3.05, 3.63) is 23.2 Å². The van der Waals surface area contributed by atoms with E-state index >= 15 is 0 Å². The van der Waals surface area contributed by atoms with E-state index in [1.165, 1.54) is 0 Å². The molecular formula is C7H11BO2. The highest BCUT2D eigenvalue weighted by Crippen LogP contribution is 2.18. The molecule has 1 rings (SSSR count).